The minimum Gasteiger partial charge on any atom is -0.492 e. The number of hydrogen-bond donors (Lipinski definition) is 2. The Balaban J connectivity index is 1.59. The minimum absolute atomic E-state index is 0.145. The molecular weight excluding hydrogens is 791 g/mol. The van der Waals surface area contributed by atoms with Crippen LogP contribution in [0.15, 0.2) is 36.4 Å². The van der Waals surface area contributed by atoms with Crippen LogP contribution < -0.4 is 37.9 Å². The van der Waals surface area contributed by atoms with Crippen molar-refractivity contribution in [1.29, 1.82) is 0 Å². The third-order valence-corrected chi connectivity index (χ3v) is 10.8. The van der Waals surface area contributed by atoms with Crippen molar-refractivity contribution in [3.05, 3.63) is 46.4 Å². The third kappa shape index (κ3) is 5.14. The molecule has 18 heteroatoms. The first-order valence-electron chi connectivity index (χ1n) is 17.4. The number of fused-ring (bicyclic) bond motifs is 20. The van der Waals surface area contributed by atoms with Gasteiger partial charge < -0.3 is 47.9 Å². The second-order valence-electron chi connectivity index (χ2n) is 12.7. The van der Waals surface area contributed by atoms with E-state index in [1.807, 2.05) is 30.3 Å². The maximum absolute atomic E-state index is 6.94. The lowest BCUT2D eigenvalue weighted by atomic mass is 10.0. The van der Waals surface area contributed by atoms with Gasteiger partial charge >= 0.3 is 0 Å². The highest BCUT2D eigenvalue weighted by Gasteiger charge is 2.36. The summed E-state index contributed by atoms with van der Waals surface area (Å²) < 4.78 is 47.5. The van der Waals surface area contributed by atoms with Crippen LogP contribution in [0, 0.1) is 0 Å². The number of hydrogen-bond acceptors (Lipinski definition) is 14. The number of nitrogens with zero attached hydrogens (tertiary/aromatic N) is 6. The van der Waals surface area contributed by atoms with Gasteiger partial charge in [-0.15, -0.1) is 0 Å². The van der Waals surface area contributed by atoms with E-state index in [1.165, 1.54) is 56.9 Å². The molecule has 8 bridgehead atoms. The maximum Gasteiger partial charge on any atom is 0.208 e. The molecule has 294 valence electrons. The van der Waals surface area contributed by atoms with E-state index in [-0.39, 0.29) is 62.6 Å². The Hall–Kier alpha value is -6.78. The second kappa shape index (κ2) is 14.0. The Labute approximate surface area is 339 Å². The molecule has 16 nitrogen and oxygen atoms in total. The van der Waals surface area contributed by atoms with Crippen molar-refractivity contribution in [2.75, 3.05) is 56.9 Å². The molecule has 0 fully saturated rings. The molecule has 0 amide bonds. The number of methoxy groups -OCH3 is 8. The van der Waals surface area contributed by atoms with E-state index in [0.29, 0.717) is 72.0 Å². The first-order chi connectivity index (χ1) is 28.2. The van der Waals surface area contributed by atoms with Crippen molar-refractivity contribution >= 4 is 67.3 Å². The molecule has 9 rings (SSSR count). The monoisotopic (exact) mass is 822 g/mol. The van der Waals surface area contributed by atoms with Gasteiger partial charge in [0.1, 0.15) is 22.6 Å². The fourth-order valence-electron chi connectivity index (χ4n) is 7.58. The average Bonchev–Trinajstić information content (AvgIpc) is 3.98. The molecule has 5 heterocycles. The topological polar surface area (TPSA) is 183 Å². The lowest BCUT2D eigenvalue weighted by Gasteiger charge is -2.19. The molecule has 0 atom stereocenters. The second-order valence-corrected chi connectivity index (χ2v) is 13.5. The van der Waals surface area contributed by atoms with E-state index in [9.17, 15) is 0 Å². The van der Waals surface area contributed by atoms with Gasteiger partial charge in [-0.25, -0.2) is 29.9 Å². The summed E-state index contributed by atoms with van der Waals surface area (Å²) in [6.07, 6.45) is 0. The Morgan fingerprint density at radius 3 is 1.24 bits per heavy atom. The van der Waals surface area contributed by atoms with Crippen molar-refractivity contribution in [3.8, 4) is 91.5 Å². The maximum atomic E-state index is 6.94. The molecule has 2 aliphatic heterocycles. The van der Waals surface area contributed by atoms with Crippen LogP contribution in [0.5, 0.6) is 46.0 Å². The van der Waals surface area contributed by atoms with Gasteiger partial charge in [0.05, 0.1) is 88.8 Å². The molecule has 0 saturated carbocycles. The predicted octanol–water partition coefficient (Wildman–Crippen LogP) is 8.24. The van der Waals surface area contributed by atoms with Crippen LogP contribution in [0.25, 0.3) is 89.7 Å². The van der Waals surface area contributed by atoms with Crippen molar-refractivity contribution in [2.45, 2.75) is 0 Å². The summed E-state index contributed by atoms with van der Waals surface area (Å²) in [4.78, 5) is 37.2. The fourth-order valence-corrected chi connectivity index (χ4v) is 7.99. The molecule has 2 N–H and O–H groups in total. The molecular formula is C40H32Cl2N8O8. The molecule has 7 aromatic rings. The summed E-state index contributed by atoms with van der Waals surface area (Å²) in [5.41, 5.74) is 3.50. The summed E-state index contributed by atoms with van der Waals surface area (Å²) >= 11 is 13.6. The van der Waals surface area contributed by atoms with Crippen LogP contribution >= 0.6 is 23.2 Å². The van der Waals surface area contributed by atoms with Crippen LogP contribution in [0.2, 0.25) is 10.0 Å². The zero-order valence-corrected chi connectivity index (χ0v) is 33.7. The molecule has 0 unspecified atom stereocenters. The van der Waals surface area contributed by atoms with E-state index in [0.717, 1.165) is 11.1 Å². The smallest absolute Gasteiger partial charge is 0.208 e. The van der Waals surface area contributed by atoms with Crippen LogP contribution in [-0.4, -0.2) is 96.8 Å². The number of nitrogens with one attached hydrogen (secondary N) is 2. The predicted molar refractivity (Wildman–Crippen MR) is 218 cm³/mol. The Kier molecular flexibility index (Phi) is 8.89. The van der Waals surface area contributed by atoms with E-state index >= 15 is 0 Å². The van der Waals surface area contributed by atoms with Crippen molar-refractivity contribution in [2.24, 2.45) is 0 Å². The number of benzene rings is 4. The molecule has 0 spiro atoms. The quantitative estimate of drug-likeness (QED) is 0.149. The Bertz CT molecular complexity index is 3060. The van der Waals surface area contributed by atoms with Gasteiger partial charge in [0.2, 0.25) is 23.0 Å². The number of halogens is 2. The highest BCUT2D eigenvalue weighted by molar-refractivity contribution is 6.46. The van der Waals surface area contributed by atoms with Gasteiger partial charge in [0, 0.05) is 21.9 Å². The summed E-state index contributed by atoms with van der Waals surface area (Å²) in [6.45, 7) is 0. The minimum atomic E-state index is 0.145. The zero-order valence-electron chi connectivity index (χ0n) is 32.2. The lowest BCUT2D eigenvalue weighted by molar-refractivity contribution is 0.307. The molecule has 0 saturated heterocycles. The van der Waals surface area contributed by atoms with Crippen LogP contribution in [0.3, 0.4) is 0 Å². The largest absolute Gasteiger partial charge is 0.492 e. The van der Waals surface area contributed by atoms with Gasteiger partial charge in [-0.3, -0.25) is 0 Å². The van der Waals surface area contributed by atoms with Gasteiger partial charge in [0.25, 0.3) is 0 Å². The number of aromatic amines is 2. The van der Waals surface area contributed by atoms with Crippen LogP contribution in [0.1, 0.15) is 0 Å². The molecule has 2 aliphatic rings. The van der Waals surface area contributed by atoms with Crippen molar-refractivity contribution in [3.63, 3.8) is 0 Å². The van der Waals surface area contributed by atoms with Gasteiger partial charge in [-0.2, -0.15) is 0 Å². The number of ether oxygens (including phenoxy) is 8. The van der Waals surface area contributed by atoms with E-state index in [1.54, 1.807) is 6.07 Å². The molecule has 3 aromatic heterocycles. The summed E-state index contributed by atoms with van der Waals surface area (Å²) in [5.74, 6) is 3.13. The standard InChI is InChI=1S/C40H32Cl2N8O8/c1-51-25-20-21(26(52-2)30(56-6)29(25)55-5)39-48-37(20)45-34-16-12-10-9-11-15(16)33(43-34)44-35-17-13-14-18(41)24(42)19(17)36(46-35)47-38-22-23(40(49-38)50-39)28(54-4)32(58-8)31(57-7)27(22)53-3/h9-14H,1-8H3,(H2,43,44,45,46,47,48,49,50). The summed E-state index contributed by atoms with van der Waals surface area (Å²) in [6, 6.07) is 11.1. The highest BCUT2D eigenvalue weighted by Crippen LogP contribution is 2.58. The first-order valence-corrected chi connectivity index (χ1v) is 18.2. The SMILES string of the molecule is COc1c(OC)c(OC)c2c(c1OC)-c1nc-2nc2[nH]c(nc3nc(nc4[nH]c(n1)c1c(Cl)c(Cl)ccc41)-c1ccccc1-3)c1c(OC)c(OC)c(OC)c(OC)c21. The highest BCUT2D eigenvalue weighted by atomic mass is 35.5. The van der Waals surface area contributed by atoms with Crippen molar-refractivity contribution < 1.29 is 37.9 Å². The van der Waals surface area contributed by atoms with E-state index < -0.39 is 0 Å². The van der Waals surface area contributed by atoms with Crippen LogP contribution in [-0.2, 0) is 0 Å². The third-order valence-electron chi connectivity index (χ3n) is 9.96. The van der Waals surface area contributed by atoms with Gasteiger partial charge in [-0.05, 0) is 12.1 Å². The lowest BCUT2D eigenvalue weighted by Crippen LogP contribution is -2.01. The Morgan fingerprint density at radius 1 is 0.397 bits per heavy atom. The summed E-state index contributed by atoms with van der Waals surface area (Å²) in [5, 5.41) is 2.59. The normalized spacial score (nSPS) is 11.6. The summed E-state index contributed by atoms with van der Waals surface area (Å²) in [7, 11) is 12.0. The number of aromatic nitrogens is 8. The zero-order chi connectivity index (χ0) is 40.6. The van der Waals surface area contributed by atoms with Crippen LogP contribution in [0.4, 0.5) is 0 Å². The fraction of sp³-hybridized carbons (Fsp3) is 0.200. The number of rotatable bonds is 8. The van der Waals surface area contributed by atoms with E-state index in [2.05, 4.69) is 9.97 Å². The molecule has 0 aliphatic carbocycles. The first kappa shape index (κ1) is 36.8. The molecule has 4 aromatic carbocycles. The average molecular weight is 824 g/mol. The van der Waals surface area contributed by atoms with Gasteiger partial charge in [0.15, 0.2) is 46.3 Å². The number of H-pyrrole nitrogens is 2. The van der Waals surface area contributed by atoms with E-state index in [4.69, 9.17) is 91.0 Å². The molecule has 0 radical (unpaired) electrons. The van der Waals surface area contributed by atoms with Crippen molar-refractivity contribution in [1.82, 2.24) is 39.9 Å². The Morgan fingerprint density at radius 2 is 0.776 bits per heavy atom. The van der Waals surface area contributed by atoms with Gasteiger partial charge in [-0.1, -0.05) is 47.5 Å². The molecule has 58 heavy (non-hydrogen) atoms.